The molecule has 0 saturated carbocycles. The molecule has 4 rings (SSSR count). The van der Waals surface area contributed by atoms with Crippen LogP contribution in [0.3, 0.4) is 0 Å². The highest BCUT2D eigenvalue weighted by atomic mass is 32.2. The van der Waals surface area contributed by atoms with Crippen LogP contribution in [0.2, 0.25) is 0 Å². The Labute approximate surface area is 157 Å². The standard InChI is InChI=1S/C16H16N4O4S2/c1-9(17-8-21)15-18(6-13-19(15)2-3-25-13)5-10-7-26-12-4-11(22)20(12)14(10)16(23)24/h2-3,6,8-9,12H,4-5,7H2,1H3,(H-,17,21,23,24)/t9-,12+/m1/s1. The zero-order valence-corrected chi connectivity index (χ0v) is 15.5. The van der Waals surface area contributed by atoms with Gasteiger partial charge >= 0.3 is 0 Å². The number of hydrogen-bond acceptors (Lipinski definition) is 6. The van der Waals surface area contributed by atoms with Gasteiger partial charge in [0.05, 0.1) is 23.5 Å². The van der Waals surface area contributed by atoms with Crippen molar-refractivity contribution in [3.8, 4) is 0 Å². The topological polar surface area (TPSA) is 98.6 Å². The lowest BCUT2D eigenvalue weighted by Gasteiger charge is -2.45. The molecule has 8 nitrogen and oxygen atoms in total. The van der Waals surface area contributed by atoms with E-state index < -0.39 is 5.97 Å². The monoisotopic (exact) mass is 392 g/mol. The molecule has 10 heteroatoms. The van der Waals surface area contributed by atoms with Gasteiger partial charge in [0.15, 0.2) is 0 Å². The van der Waals surface area contributed by atoms with E-state index in [-0.39, 0.29) is 23.0 Å². The molecule has 0 radical (unpaired) electrons. The van der Waals surface area contributed by atoms with Gasteiger partial charge in [-0.2, -0.15) is 4.40 Å². The van der Waals surface area contributed by atoms with Gasteiger partial charge in [-0.3, -0.25) is 14.5 Å². The Morgan fingerprint density at radius 2 is 2.38 bits per heavy atom. The largest absolute Gasteiger partial charge is 0.543 e. The molecule has 0 unspecified atom stereocenters. The molecule has 0 aromatic carbocycles. The van der Waals surface area contributed by atoms with Gasteiger partial charge in [-0.15, -0.1) is 11.8 Å². The van der Waals surface area contributed by atoms with E-state index in [0.717, 1.165) is 10.7 Å². The molecule has 26 heavy (non-hydrogen) atoms. The Hall–Kier alpha value is -2.33. The number of carbonyl (C=O) groups excluding carboxylic acids is 3. The van der Waals surface area contributed by atoms with E-state index in [9.17, 15) is 19.5 Å². The van der Waals surface area contributed by atoms with Crippen LogP contribution in [0.5, 0.6) is 0 Å². The summed E-state index contributed by atoms with van der Waals surface area (Å²) in [6.07, 6.45) is 4.85. The summed E-state index contributed by atoms with van der Waals surface area (Å²) in [5, 5.41) is 16.3. The molecule has 1 N–H and O–H groups in total. The fourth-order valence-electron chi connectivity index (χ4n) is 3.47. The molecule has 136 valence electrons. The summed E-state index contributed by atoms with van der Waals surface area (Å²) in [7, 11) is 0. The smallest absolute Gasteiger partial charge is 0.285 e. The van der Waals surface area contributed by atoms with E-state index in [4.69, 9.17) is 0 Å². The Balaban J connectivity index is 1.76. The second-order valence-electron chi connectivity index (χ2n) is 6.21. The number of carbonyl (C=O) groups is 3. The van der Waals surface area contributed by atoms with E-state index in [1.54, 1.807) is 23.1 Å². The number of hydrogen-bond donors (Lipinski definition) is 1. The minimum atomic E-state index is -1.32. The number of nitrogens with zero attached hydrogens (tertiary/aromatic N) is 3. The van der Waals surface area contributed by atoms with Gasteiger partial charge in [0.1, 0.15) is 25.0 Å². The predicted molar refractivity (Wildman–Crippen MR) is 92.8 cm³/mol. The van der Waals surface area contributed by atoms with Crippen LogP contribution in [0.15, 0.2) is 29.0 Å². The van der Waals surface area contributed by atoms with Gasteiger partial charge in [-0.05, 0) is 6.92 Å². The highest BCUT2D eigenvalue weighted by Crippen LogP contribution is 2.40. The quantitative estimate of drug-likeness (QED) is 0.402. The third-order valence-corrected chi connectivity index (χ3v) is 6.71. The third-order valence-electron chi connectivity index (χ3n) is 4.64. The van der Waals surface area contributed by atoms with Crippen LogP contribution in [0.25, 0.3) is 4.83 Å². The zero-order chi connectivity index (χ0) is 18.4. The van der Waals surface area contributed by atoms with Crippen molar-refractivity contribution in [2.24, 2.45) is 0 Å². The average Bonchev–Trinajstić information content (AvgIpc) is 3.15. The van der Waals surface area contributed by atoms with Gasteiger partial charge in [0, 0.05) is 16.7 Å². The SMILES string of the molecule is C[C@@H](NC=O)c1n(CC2=C(C(=O)[O-])N3C(=O)C[C@@H]3SC2)cc2scc[n+]12. The second kappa shape index (κ2) is 6.44. The summed E-state index contributed by atoms with van der Waals surface area (Å²) in [4.78, 5) is 36.8. The number of aliphatic carboxylic acids is 1. The lowest BCUT2D eigenvalue weighted by Crippen LogP contribution is -2.56. The molecule has 2 atom stereocenters. The maximum atomic E-state index is 11.9. The molecule has 2 amide bonds. The number of thiazole rings is 1. The van der Waals surface area contributed by atoms with Crippen molar-refractivity contribution in [3.63, 3.8) is 0 Å². The fourth-order valence-corrected chi connectivity index (χ4v) is 5.50. The van der Waals surface area contributed by atoms with E-state index in [1.807, 2.05) is 33.7 Å². The van der Waals surface area contributed by atoms with Crippen molar-refractivity contribution in [3.05, 3.63) is 34.9 Å². The van der Waals surface area contributed by atoms with Gasteiger partial charge in [0.25, 0.3) is 5.82 Å². The first-order valence-electron chi connectivity index (χ1n) is 8.06. The Bertz CT molecular complexity index is 947. The Morgan fingerprint density at radius 3 is 3.08 bits per heavy atom. The van der Waals surface area contributed by atoms with E-state index in [0.29, 0.717) is 30.7 Å². The molecule has 0 aliphatic carbocycles. The van der Waals surface area contributed by atoms with Crippen molar-refractivity contribution in [1.82, 2.24) is 14.8 Å². The number of β-lactam (4-membered cyclic amide) rings is 1. The molecule has 1 fully saturated rings. The van der Waals surface area contributed by atoms with Gasteiger partial charge in [0.2, 0.25) is 17.1 Å². The molecular formula is C16H16N4O4S2. The summed E-state index contributed by atoms with van der Waals surface area (Å²) in [6, 6.07) is -0.258. The zero-order valence-electron chi connectivity index (χ0n) is 13.9. The molecule has 4 heterocycles. The fraction of sp³-hybridized carbons (Fsp3) is 0.375. The summed E-state index contributed by atoms with van der Waals surface area (Å²) in [6.45, 7) is 2.18. The number of carboxylic acids is 1. The number of nitrogens with one attached hydrogen (secondary N) is 1. The summed E-state index contributed by atoms with van der Waals surface area (Å²) in [5.41, 5.74) is 0.635. The van der Waals surface area contributed by atoms with Crippen molar-refractivity contribution in [2.45, 2.75) is 31.3 Å². The first kappa shape index (κ1) is 17.1. The van der Waals surface area contributed by atoms with Gasteiger partial charge in [-0.25, -0.2) is 4.57 Å². The maximum Gasteiger partial charge on any atom is 0.285 e. The normalized spacial score (nSPS) is 20.7. The molecule has 1 saturated heterocycles. The van der Waals surface area contributed by atoms with Crippen LogP contribution in [0, 0.1) is 0 Å². The number of thioether (sulfide) groups is 1. The predicted octanol–water partition coefficient (Wildman–Crippen LogP) is -0.595. The van der Waals surface area contributed by atoms with Crippen LogP contribution in [0.1, 0.15) is 25.2 Å². The second-order valence-corrected chi connectivity index (χ2v) is 8.30. The van der Waals surface area contributed by atoms with E-state index in [1.165, 1.54) is 4.90 Å². The molecule has 2 aliphatic rings. The van der Waals surface area contributed by atoms with E-state index >= 15 is 0 Å². The lowest BCUT2D eigenvalue weighted by atomic mass is 10.1. The summed E-state index contributed by atoms with van der Waals surface area (Å²) >= 11 is 3.12. The summed E-state index contributed by atoms with van der Waals surface area (Å²) in [5.74, 6) is -0.136. The maximum absolute atomic E-state index is 11.9. The highest BCUT2D eigenvalue weighted by molar-refractivity contribution is 8.00. The Kier molecular flexibility index (Phi) is 4.23. The van der Waals surface area contributed by atoms with Gasteiger partial charge in [-0.1, -0.05) is 11.3 Å². The van der Waals surface area contributed by atoms with Crippen LogP contribution in [0.4, 0.5) is 0 Å². The van der Waals surface area contributed by atoms with Crippen molar-refractivity contribution in [1.29, 1.82) is 0 Å². The number of fused-ring (bicyclic) bond motifs is 2. The highest BCUT2D eigenvalue weighted by Gasteiger charge is 2.43. The molecule has 2 aromatic heterocycles. The van der Waals surface area contributed by atoms with E-state index in [2.05, 4.69) is 5.32 Å². The number of aromatic nitrogens is 2. The van der Waals surface area contributed by atoms with Crippen LogP contribution in [-0.2, 0) is 20.9 Å². The first-order valence-corrected chi connectivity index (χ1v) is 9.98. The first-order chi connectivity index (χ1) is 12.5. The van der Waals surface area contributed by atoms with Crippen LogP contribution < -0.4 is 14.8 Å². The van der Waals surface area contributed by atoms with Crippen molar-refractivity contribution in [2.75, 3.05) is 5.75 Å². The molecule has 0 spiro atoms. The average molecular weight is 392 g/mol. The Morgan fingerprint density at radius 1 is 1.58 bits per heavy atom. The third kappa shape index (κ3) is 2.60. The molecule has 0 bridgehead atoms. The minimum Gasteiger partial charge on any atom is -0.543 e. The number of imidazole rings is 1. The molecular weight excluding hydrogens is 376 g/mol. The number of amides is 2. The summed E-state index contributed by atoms with van der Waals surface area (Å²) < 4.78 is 3.90. The molecule has 2 aliphatic heterocycles. The van der Waals surface area contributed by atoms with Crippen molar-refractivity contribution < 1.29 is 23.9 Å². The number of carboxylic acid groups (broad SMARTS) is 1. The number of rotatable bonds is 6. The minimum absolute atomic E-state index is 0.00555. The van der Waals surface area contributed by atoms with Crippen LogP contribution >= 0.6 is 23.1 Å². The molecule has 2 aromatic rings. The van der Waals surface area contributed by atoms with Crippen LogP contribution in [-0.4, -0.2) is 38.9 Å². The van der Waals surface area contributed by atoms with Crippen molar-refractivity contribution >= 4 is 46.2 Å². The lowest BCUT2D eigenvalue weighted by molar-refractivity contribution is -0.520. The van der Waals surface area contributed by atoms with Gasteiger partial charge < -0.3 is 15.2 Å².